The third-order valence-corrected chi connectivity index (χ3v) is 2.43. The quantitative estimate of drug-likeness (QED) is 0.779. The molecule has 76 valence electrons. The predicted molar refractivity (Wildman–Crippen MR) is 56.1 cm³/mol. The van der Waals surface area contributed by atoms with Gasteiger partial charge in [0.2, 0.25) is 0 Å². The number of carbonyl (C=O) groups excluding carboxylic acids is 1. The van der Waals surface area contributed by atoms with Gasteiger partial charge < -0.3 is 10.5 Å². The van der Waals surface area contributed by atoms with Crippen LogP contribution in [0, 0.1) is 6.92 Å². The Balaban J connectivity index is 3.22. The van der Waals surface area contributed by atoms with Gasteiger partial charge in [-0.3, -0.25) is 4.79 Å². The number of ketones is 1. The second-order valence-electron chi connectivity index (χ2n) is 2.94. The van der Waals surface area contributed by atoms with E-state index in [0.29, 0.717) is 16.3 Å². The fraction of sp³-hybridized carbons (Fsp3) is 0.300. The lowest BCUT2D eigenvalue weighted by Crippen LogP contribution is -2.13. The number of halogens is 1. The SMILES string of the molecule is COc1cc(C(=O)CN)cc(C)c1Cl. The molecule has 0 aliphatic rings. The normalized spacial score (nSPS) is 10.0. The number of benzene rings is 1. The van der Waals surface area contributed by atoms with E-state index in [1.54, 1.807) is 12.1 Å². The topological polar surface area (TPSA) is 52.3 Å². The van der Waals surface area contributed by atoms with Gasteiger partial charge in [-0.05, 0) is 24.6 Å². The van der Waals surface area contributed by atoms with Gasteiger partial charge in [-0.15, -0.1) is 0 Å². The van der Waals surface area contributed by atoms with Gasteiger partial charge in [-0.1, -0.05) is 11.6 Å². The van der Waals surface area contributed by atoms with E-state index in [2.05, 4.69) is 0 Å². The van der Waals surface area contributed by atoms with Gasteiger partial charge in [0.1, 0.15) is 5.75 Å². The monoisotopic (exact) mass is 213 g/mol. The van der Waals surface area contributed by atoms with Crippen LogP contribution in [0.5, 0.6) is 5.75 Å². The number of carbonyl (C=O) groups is 1. The van der Waals surface area contributed by atoms with Crippen molar-refractivity contribution >= 4 is 17.4 Å². The van der Waals surface area contributed by atoms with E-state index in [4.69, 9.17) is 22.1 Å². The summed E-state index contributed by atoms with van der Waals surface area (Å²) in [4.78, 5) is 11.3. The fourth-order valence-electron chi connectivity index (χ4n) is 1.16. The lowest BCUT2D eigenvalue weighted by molar-refractivity contribution is 0.100. The standard InChI is InChI=1S/C10H12ClNO2/c1-6-3-7(8(13)5-12)4-9(14-2)10(6)11/h3-4H,5,12H2,1-2H3. The molecule has 0 aromatic heterocycles. The highest BCUT2D eigenvalue weighted by Crippen LogP contribution is 2.29. The van der Waals surface area contributed by atoms with Crippen molar-refractivity contribution < 1.29 is 9.53 Å². The maximum atomic E-state index is 11.3. The van der Waals surface area contributed by atoms with Crippen LogP contribution in [0.4, 0.5) is 0 Å². The number of rotatable bonds is 3. The Labute approximate surface area is 87.8 Å². The molecule has 0 aliphatic carbocycles. The Morgan fingerprint density at radius 1 is 1.57 bits per heavy atom. The molecular formula is C10H12ClNO2. The molecule has 14 heavy (non-hydrogen) atoms. The minimum Gasteiger partial charge on any atom is -0.495 e. The average molecular weight is 214 g/mol. The predicted octanol–water partition coefficient (Wildman–Crippen LogP) is 1.80. The molecule has 0 saturated heterocycles. The summed E-state index contributed by atoms with van der Waals surface area (Å²) in [5, 5.41) is 0.529. The van der Waals surface area contributed by atoms with E-state index >= 15 is 0 Å². The number of nitrogens with two attached hydrogens (primary N) is 1. The molecule has 3 nitrogen and oxygen atoms in total. The van der Waals surface area contributed by atoms with Crippen molar-refractivity contribution in [3.8, 4) is 5.75 Å². The highest BCUT2D eigenvalue weighted by molar-refractivity contribution is 6.33. The van der Waals surface area contributed by atoms with Gasteiger partial charge in [-0.2, -0.15) is 0 Å². The van der Waals surface area contributed by atoms with E-state index in [-0.39, 0.29) is 12.3 Å². The van der Waals surface area contributed by atoms with Crippen molar-refractivity contribution in [2.75, 3.05) is 13.7 Å². The molecule has 0 unspecified atom stereocenters. The number of aryl methyl sites for hydroxylation is 1. The van der Waals surface area contributed by atoms with Crippen LogP contribution < -0.4 is 10.5 Å². The summed E-state index contributed by atoms with van der Waals surface area (Å²) in [5.74, 6) is 0.381. The highest BCUT2D eigenvalue weighted by Gasteiger charge is 2.10. The first-order chi connectivity index (χ1) is 6.60. The Hall–Kier alpha value is -1.06. The lowest BCUT2D eigenvalue weighted by Gasteiger charge is -2.08. The van der Waals surface area contributed by atoms with Crippen LogP contribution in [0.2, 0.25) is 5.02 Å². The molecule has 0 spiro atoms. The first-order valence-corrected chi connectivity index (χ1v) is 4.55. The maximum Gasteiger partial charge on any atom is 0.176 e. The van der Waals surface area contributed by atoms with Gasteiger partial charge in [0.05, 0.1) is 18.7 Å². The van der Waals surface area contributed by atoms with Gasteiger partial charge in [-0.25, -0.2) is 0 Å². The van der Waals surface area contributed by atoms with Crippen molar-refractivity contribution in [2.45, 2.75) is 6.92 Å². The Morgan fingerprint density at radius 2 is 2.21 bits per heavy atom. The van der Waals surface area contributed by atoms with Crippen LogP contribution in [-0.4, -0.2) is 19.4 Å². The molecule has 0 heterocycles. The molecule has 2 N–H and O–H groups in total. The van der Waals surface area contributed by atoms with E-state index in [9.17, 15) is 4.79 Å². The Bertz CT molecular complexity index is 363. The van der Waals surface area contributed by atoms with Crippen LogP contribution in [0.3, 0.4) is 0 Å². The molecule has 0 atom stereocenters. The minimum absolute atomic E-state index is 0.00970. The zero-order valence-electron chi connectivity index (χ0n) is 8.13. The summed E-state index contributed by atoms with van der Waals surface area (Å²) in [6, 6.07) is 3.31. The van der Waals surface area contributed by atoms with Crippen LogP contribution in [0.25, 0.3) is 0 Å². The molecule has 0 saturated carbocycles. The molecule has 0 bridgehead atoms. The fourth-order valence-corrected chi connectivity index (χ4v) is 1.35. The highest BCUT2D eigenvalue weighted by atomic mass is 35.5. The second kappa shape index (κ2) is 4.44. The molecule has 4 heteroatoms. The number of ether oxygens (including phenoxy) is 1. The largest absolute Gasteiger partial charge is 0.495 e. The van der Waals surface area contributed by atoms with E-state index in [1.807, 2.05) is 6.92 Å². The maximum absolute atomic E-state index is 11.3. The lowest BCUT2D eigenvalue weighted by atomic mass is 10.1. The number of Topliss-reactive ketones (excluding diaryl/α,β-unsaturated/α-hetero) is 1. The number of hydrogen-bond acceptors (Lipinski definition) is 3. The van der Waals surface area contributed by atoms with Crippen molar-refractivity contribution in [2.24, 2.45) is 5.73 Å². The van der Waals surface area contributed by atoms with Crippen LogP contribution >= 0.6 is 11.6 Å². The molecule has 1 aromatic rings. The molecule has 0 radical (unpaired) electrons. The summed E-state index contributed by atoms with van der Waals surface area (Å²) in [7, 11) is 1.51. The van der Waals surface area contributed by atoms with Crippen LogP contribution in [0.1, 0.15) is 15.9 Å². The molecular weight excluding hydrogens is 202 g/mol. The number of hydrogen-bond donors (Lipinski definition) is 1. The molecule has 0 aliphatic heterocycles. The van der Waals surface area contributed by atoms with E-state index < -0.39 is 0 Å². The summed E-state index contributed by atoms with van der Waals surface area (Å²) in [6.45, 7) is 1.81. The third-order valence-electron chi connectivity index (χ3n) is 1.95. The van der Waals surface area contributed by atoms with Crippen molar-refractivity contribution in [3.63, 3.8) is 0 Å². The molecule has 1 rings (SSSR count). The molecule has 1 aromatic carbocycles. The minimum atomic E-state index is -0.122. The Morgan fingerprint density at radius 3 is 2.71 bits per heavy atom. The third kappa shape index (κ3) is 2.05. The molecule has 0 fully saturated rings. The molecule has 0 amide bonds. The zero-order chi connectivity index (χ0) is 10.7. The Kier molecular flexibility index (Phi) is 3.49. The second-order valence-corrected chi connectivity index (χ2v) is 3.31. The zero-order valence-corrected chi connectivity index (χ0v) is 8.89. The van der Waals surface area contributed by atoms with Crippen molar-refractivity contribution in [1.29, 1.82) is 0 Å². The average Bonchev–Trinajstić information content (AvgIpc) is 2.20. The van der Waals surface area contributed by atoms with Gasteiger partial charge >= 0.3 is 0 Å². The van der Waals surface area contributed by atoms with Crippen LogP contribution in [0.15, 0.2) is 12.1 Å². The van der Waals surface area contributed by atoms with Gasteiger partial charge in [0.15, 0.2) is 5.78 Å². The van der Waals surface area contributed by atoms with Crippen LogP contribution in [-0.2, 0) is 0 Å². The smallest absolute Gasteiger partial charge is 0.176 e. The van der Waals surface area contributed by atoms with Crippen molar-refractivity contribution in [1.82, 2.24) is 0 Å². The summed E-state index contributed by atoms with van der Waals surface area (Å²) in [6.07, 6.45) is 0. The van der Waals surface area contributed by atoms with Gasteiger partial charge in [0.25, 0.3) is 0 Å². The van der Waals surface area contributed by atoms with Gasteiger partial charge in [0, 0.05) is 5.56 Å². The summed E-state index contributed by atoms with van der Waals surface area (Å²) >= 11 is 5.95. The van der Waals surface area contributed by atoms with Crippen molar-refractivity contribution in [3.05, 3.63) is 28.3 Å². The first-order valence-electron chi connectivity index (χ1n) is 4.17. The number of methoxy groups -OCH3 is 1. The summed E-state index contributed by atoms with van der Waals surface area (Å²) in [5.41, 5.74) is 6.60. The van der Waals surface area contributed by atoms with E-state index in [1.165, 1.54) is 7.11 Å². The first kappa shape index (κ1) is 11.0. The van der Waals surface area contributed by atoms with E-state index in [0.717, 1.165) is 5.56 Å². The summed E-state index contributed by atoms with van der Waals surface area (Å²) < 4.78 is 5.04.